The van der Waals surface area contributed by atoms with Gasteiger partial charge in [0.2, 0.25) is 5.95 Å². The minimum absolute atomic E-state index is 0.132. The van der Waals surface area contributed by atoms with Crippen molar-refractivity contribution in [2.24, 2.45) is 0 Å². The molecule has 2 heterocycles. The van der Waals surface area contributed by atoms with Gasteiger partial charge >= 0.3 is 0 Å². The summed E-state index contributed by atoms with van der Waals surface area (Å²) in [6, 6.07) is 14.6. The number of hydrogen-bond acceptors (Lipinski definition) is 7. The molecule has 0 fully saturated rings. The second-order valence-corrected chi connectivity index (χ2v) is 6.32. The van der Waals surface area contributed by atoms with E-state index in [1.807, 2.05) is 24.3 Å². The molecule has 0 saturated carbocycles. The predicted molar refractivity (Wildman–Crippen MR) is 113 cm³/mol. The van der Waals surface area contributed by atoms with Crippen molar-refractivity contribution in [2.75, 3.05) is 24.9 Å². The quantitative estimate of drug-likeness (QED) is 0.433. The van der Waals surface area contributed by atoms with Crippen LogP contribution in [0, 0.1) is 0 Å². The van der Waals surface area contributed by atoms with Crippen molar-refractivity contribution in [2.45, 2.75) is 6.54 Å². The summed E-state index contributed by atoms with van der Waals surface area (Å²) in [5.41, 5.74) is 2.42. The number of carbonyl (C=O) groups is 1. The maximum atomic E-state index is 12.7. The second-order valence-electron chi connectivity index (χ2n) is 6.32. The maximum absolute atomic E-state index is 12.7. The summed E-state index contributed by atoms with van der Waals surface area (Å²) in [6.07, 6.45) is 1.53. The smallest absolute Gasteiger partial charge is 0.261 e. The Balaban J connectivity index is 1.60. The number of para-hydroxylation sites is 2. The first-order valence-corrected chi connectivity index (χ1v) is 9.21. The normalized spacial score (nSPS) is 10.6. The molecule has 2 aromatic heterocycles. The molecule has 1 amide bonds. The Hall–Kier alpha value is -4.14. The molecule has 4 aromatic rings. The van der Waals surface area contributed by atoms with Crippen molar-refractivity contribution >= 4 is 28.8 Å². The van der Waals surface area contributed by atoms with Gasteiger partial charge in [0, 0.05) is 12.1 Å². The number of fused-ring (bicyclic) bond motifs is 1. The third-order valence-electron chi connectivity index (χ3n) is 4.50. The third-order valence-corrected chi connectivity index (χ3v) is 4.50. The number of hydrogen-bond donors (Lipinski definition) is 3. The lowest BCUT2D eigenvalue weighted by Crippen LogP contribution is -2.16. The molecule has 9 heteroatoms. The zero-order chi connectivity index (χ0) is 20.9. The van der Waals surface area contributed by atoms with Crippen LogP contribution in [0.3, 0.4) is 0 Å². The van der Waals surface area contributed by atoms with Crippen LogP contribution in [-0.4, -0.2) is 40.1 Å². The maximum Gasteiger partial charge on any atom is 0.261 e. The first-order valence-electron chi connectivity index (χ1n) is 9.21. The molecule has 2 aromatic carbocycles. The van der Waals surface area contributed by atoms with Gasteiger partial charge in [-0.05, 0) is 18.2 Å². The topological polar surface area (TPSA) is 114 Å². The van der Waals surface area contributed by atoms with Crippen LogP contribution in [0.2, 0.25) is 0 Å². The van der Waals surface area contributed by atoms with Crippen molar-refractivity contribution in [1.29, 1.82) is 0 Å². The van der Waals surface area contributed by atoms with Crippen LogP contribution >= 0.6 is 0 Å². The fourth-order valence-electron chi connectivity index (χ4n) is 3.05. The second kappa shape index (κ2) is 8.48. The van der Waals surface area contributed by atoms with Gasteiger partial charge in [-0.2, -0.15) is 9.97 Å². The molecule has 30 heavy (non-hydrogen) atoms. The lowest BCUT2D eigenvalue weighted by molar-refractivity contribution is 0.102. The number of anilines is 2. The molecule has 0 aliphatic heterocycles. The fraction of sp³-hybridized carbons (Fsp3) is 0.143. The molecule has 3 N–H and O–H groups in total. The molecule has 0 spiro atoms. The van der Waals surface area contributed by atoms with Crippen LogP contribution in [0.4, 0.5) is 11.8 Å². The third kappa shape index (κ3) is 3.86. The number of nitrogens with one attached hydrogen (secondary N) is 3. The Morgan fingerprint density at radius 1 is 1.00 bits per heavy atom. The van der Waals surface area contributed by atoms with Crippen LogP contribution < -0.4 is 20.1 Å². The van der Waals surface area contributed by atoms with Gasteiger partial charge in [0.25, 0.3) is 5.91 Å². The van der Waals surface area contributed by atoms with Gasteiger partial charge < -0.3 is 19.8 Å². The highest BCUT2D eigenvalue weighted by Gasteiger charge is 2.16. The Morgan fingerprint density at radius 2 is 1.73 bits per heavy atom. The number of H-pyrrole nitrogens is 1. The minimum Gasteiger partial charge on any atom is -0.496 e. The Kier molecular flexibility index (Phi) is 5.42. The van der Waals surface area contributed by atoms with Crippen LogP contribution in [-0.2, 0) is 6.54 Å². The highest BCUT2D eigenvalue weighted by atomic mass is 16.5. The highest BCUT2D eigenvalue weighted by molar-refractivity contribution is 6.05. The van der Waals surface area contributed by atoms with Crippen molar-refractivity contribution < 1.29 is 14.3 Å². The molecule has 4 rings (SSSR count). The summed E-state index contributed by atoms with van der Waals surface area (Å²) < 4.78 is 10.6. The first kappa shape index (κ1) is 19.2. The summed E-state index contributed by atoms with van der Waals surface area (Å²) in [4.78, 5) is 28.7. The summed E-state index contributed by atoms with van der Waals surface area (Å²) in [7, 11) is 3.14. The van der Waals surface area contributed by atoms with Crippen LogP contribution in [0.25, 0.3) is 11.2 Å². The van der Waals surface area contributed by atoms with E-state index >= 15 is 0 Å². The van der Waals surface area contributed by atoms with E-state index in [0.717, 1.165) is 11.3 Å². The van der Waals surface area contributed by atoms with E-state index in [2.05, 4.69) is 30.6 Å². The summed E-state index contributed by atoms with van der Waals surface area (Å²) in [5.74, 6) is 1.50. The van der Waals surface area contributed by atoms with Crippen LogP contribution in [0.5, 0.6) is 11.5 Å². The van der Waals surface area contributed by atoms with Gasteiger partial charge in [0.1, 0.15) is 17.0 Å². The number of benzene rings is 2. The Morgan fingerprint density at radius 3 is 2.53 bits per heavy atom. The molecular formula is C21H20N6O3. The molecule has 0 aliphatic carbocycles. The molecular weight excluding hydrogens is 384 g/mol. The van der Waals surface area contributed by atoms with E-state index in [9.17, 15) is 4.79 Å². The van der Waals surface area contributed by atoms with Crippen molar-refractivity contribution in [1.82, 2.24) is 19.9 Å². The average molecular weight is 404 g/mol. The summed E-state index contributed by atoms with van der Waals surface area (Å²) in [6.45, 7) is 0.467. The van der Waals surface area contributed by atoms with Gasteiger partial charge in [0.15, 0.2) is 11.5 Å². The minimum atomic E-state index is -0.377. The Labute approximate surface area is 172 Å². The van der Waals surface area contributed by atoms with E-state index in [-0.39, 0.29) is 11.9 Å². The van der Waals surface area contributed by atoms with Gasteiger partial charge in [-0.3, -0.25) is 10.1 Å². The van der Waals surface area contributed by atoms with Crippen molar-refractivity contribution in [3.05, 3.63) is 66.0 Å². The number of nitrogens with zero attached hydrogens (tertiary/aromatic N) is 3. The fourth-order valence-corrected chi connectivity index (χ4v) is 3.05. The number of imidazole rings is 1. The number of carbonyl (C=O) groups excluding carboxylic acids is 1. The number of ether oxygens (including phenoxy) is 2. The molecule has 0 aliphatic rings. The highest BCUT2D eigenvalue weighted by Crippen LogP contribution is 2.23. The van der Waals surface area contributed by atoms with Gasteiger partial charge in [0.05, 0.1) is 26.1 Å². The lowest BCUT2D eigenvalue weighted by atomic mass is 10.2. The van der Waals surface area contributed by atoms with E-state index < -0.39 is 0 Å². The SMILES string of the molecule is COc1ccccc1CNc1nc(NC(=O)c2ccccc2OC)nc2nc[nH]c12. The molecule has 0 atom stereocenters. The molecule has 0 bridgehead atoms. The van der Waals surface area contributed by atoms with Crippen LogP contribution in [0.15, 0.2) is 54.9 Å². The largest absolute Gasteiger partial charge is 0.496 e. The Bertz CT molecular complexity index is 1190. The first-order chi connectivity index (χ1) is 14.7. The van der Waals surface area contributed by atoms with E-state index in [0.29, 0.717) is 34.8 Å². The number of rotatable bonds is 7. The van der Waals surface area contributed by atoms with Gasteiger partial charge in [-0.25, -0.2) is 4.98 Å². The van der Waals surface area contributed by atoms with Crippen molar-refractivity contribution in [3.8, 4) is 11.5 Å². The summed E-state index contributed by atoms with van der Waals surface area (Å²) >= 11 is 0. The van der Waals surface area contributed by atoms with E-state index in [4.69, 9.17) is 9.47 Å². The summed E-state index contributed by atoms with van der Waals surface area (Å²) in [5, 5.41) is 5.98. The molecule has 0 unspecified atom stereocenters. The van der Waals surface area contributed by atoms with E-state index in [1.165, 1.54) is 13.4 Å². The monoisotopic (exact) mass is 404 g/mol. The van der Waals surface area contributed by atoms with Crippen molar-refractivity contribution in [3.63, 3.8) is 0 Å². The van der Waals surface area contributed by atoms with Gasteiger partial charge in [-0.1, -0.05) is 30.3 Å². The predicted octanol–water partition coefficient (Wildman–Crippen LogP) is 3.23. The van der Waals surface area contributed by atoms with Gasteiger partial charge in [-0.15, -0.1) is 0 Å². The van der Waals surface area contributed by atoms with E-state index in [1.54, 1.807) is 31.4 Å². The zero-order valence-corrected chi connectivity index (χ0v) is 16.5. The standard InChI is InChI=1S/C21H20N6O3/c1-29-15-9-5-3-7-13(15)11-22-18-17-19(24-12-23-17)26-21(25-18)27-20(28)14-8-4-6-10-16(14)30-2/h3-10,12H,11H2,1-2H3,(H3,22,23,24,25,26,27,28). The molecule has 9 nitrogen and oxygen atoms in total. The average Bonchev–Trinajstić information content (AvgIpc) is 3.26. The molecule has 152 valence electrons. The number of methoxy groups -OCH3 is 2. The number of aromatic amines is 1. The molecule has 0 saturated heterocycles. The molecule has 0 radical (unpaired) electrons. The zero-order valence-electron chi connectivity index (χ0n) is 16.5. The number of aromatic nitrogens is 4. The van der Waals surface area contributed by atoms with Crippen LogP contribution in [0.1, 0.15) is 15.9 Å². The number of amides is 1. The lowest BCUT2D eigenvalue weighted by Gasteiger charge is -2.12.